The molecule has 0 heterocycles. The molecule has 2 bridgehead atoms. The Morgan fingerprint density at radius 3 is 1.92 bits per heavy atom. The summed E-state index contributed by atoms with van der Waals surface area (Å²) in [4.78, 5) is 2.68. The van der Waals surface area contributed by atoms with E-state index in [1.54, 1.807) is 5.56 Å². The van der Waals surface area contributed by atoms with Gasteiger partial charge >= 0.3 is 0 Å². The molecule has 5 aromatic carbocycles. The third-order valence-electron chi connectivity index (χ3n) is 14.8. The molecule has 4 saturated carbocycles. The van der Waals surface area contributed by atoms with Gasteiger partial charge in [-0.2, -0.15) is 0 Å². The SMILES string of the molecule is CC1(C)c2ccccc2-c2ccc(N(c3ccc(C4CC5CCC4C5)cc3)c3ccccc3C3CCCCC3)c(-c3ccc(C4CCCCC4)cc3)c21. The molecule has 0 saturated heterocycles. The molecule has 5 aliphatic rings. The Morgan fingerprint density at radius 1 is 0.528 bits per heavy atom. The number of para-hydroxylation sites is 1. The lowest BCUT2D eigenvalue weighted by atomic mass is 9.77. The number of nitrogens with zero attached hydrogens (tertiary/aromatic N) is 1. The summed E-state index contributed by atoms with van der Waals surface area (Å²) in [7, 11) is 0. The minimum Gasteiger partial charge on any atom is -0.310 e. The average Bonchev–Trinajstić information content (AvgIpc) is 3.92. The molecule has 5 aromatic rings. The van der Waals surface area contributed by atoms with Crippen LogP contribution in [0.25, 0.3) is 22.3 Å². The molecule has 0 aromatic heterocycles. The van der Waals surface area contributed by atoms with Crippen LogP contribution in [0.4, 0.5) is 17.1 Å². The van der Waals surface area contributed by atoms with Gasteiger partial charge in [0.25, 0.3) is 0 Å². The minimum absolute atomic E-state index is 0.125. The van der Waals surface area contributed by atoms with Crippen LogP contribution >= 0.6 is 0 Å². The van der Waals surface area contributed by atoms with Crippen LogP contribution in [0.5, 0.6) is 0 Å². The number of rotatable bonds is 7. The molecule has 5 aliphatic carbocycles. The zero-order valence-electron chi connectivity index (χ0n) is 32.1. The molecular formula is C52H57N. The molecule has 0 aliphatic heterocycles. The Bertz CT molecular complexity index is 2090. The van der Waals surface area contributed by atoms with Crippen LogP contribution in [0.2, 0.25) is 0 Å². The molecular weight excluding hydrogens is 639 g/mol. The maximum Gasteiger partial charge on any atom is 0.0543 e. The minimum atomic E-state index is -0.125. The molecule has 270 valence electrons. The molecule has 0 spiro atoms. The van der Waals surface area contributed by atoms with Crippen molar-refractivity contribution in [1.29, 1.82) is 0 Å². The molecule has 0 amide bonds. The number of fused-ring (bicyclic) bond motifs is 5. The molecule has 3 unspecified atom stereocenters. The van der Waals surface area contributed by atoms with Gasteiger partial charge in [-0.1, -0.05) is 144 Å². The number of hydrogen-bond acceptors (Lipinski definition) is 1. The van der Waals surface area contributed by atoms with Gasteiger partial charge < -0.3 is 4.90 Å². The van der Waals surface area contributed by atoms with Gasteiger partial charge in [-0.05, 0) is 143 Å². The van der Waals surface area contributed by atoms with Gasteiger partial charge in [0.1, 0.15) is 0 Å². The fraction of sp³-hybridized carbons (Fsp3) is 0.423. The second-order valence-electron chi connectivity index (χ2n) is 18.1. The van der Waals surface area contributed by atoms with Crippen LogP contribution in [-0.2, 0) is 5.41 Å². The lowest BCUT2D eigenvalue weighted by molar-refractivity contribution is 0.420. The Balaban J connectivity index is 1.18. The average molecular weight is 696 g/mol. The maximum atomic E-state index is 2.68. The summed E-state index contributed by atoms with van der Waals surface area (Å²) >= 11 is 0. The van der Waals surface area contributed by atoms with E-state index in [1.165, 1.54) is 151 Å². The summed E-state index contributed by atoms with van der Waals surface area (Å²) in [6, 6.07) is 43.4. The van der Waals surface area contributed by atoms with E-state index in [-0.39, 0.29) is 5.41 Å². The topological polar surface area (TPSA) is 3.24 Å². The van der Waals surface area contributed by atoms with Crippen molar-refractivity contribution >= 4 is 17.1 Å². The highest BCUT2D eigenvalue weighted by Crippen LogP contribution is 2.57. The fourth-order valence-corrected chi connectivity index (χ4v) is 12.1. The van der Waals surface area contributed by atoms with Crippen LogP contribution in [0.3, 0.4) is 0 Å². The summed E-state index contributed by atoms with van der Waals surface area (Å²) in [6.45, 7) is 4.93. The van der Waals surface area contributed by atoms with Crippen molar-refractivity contribution in [2.24, 2.45) is 11.8 Å². The van der Waals surface area contributed by atoms with Crippen molar-refractivity contribution < 1.29 is 0 Å². The lowest BCUT2D eigenvalue weighted by Gasteiger charge is -2.35. The third-order valence-corrected chi connectivity index (χ3v) is 14.8. The van der Waals surface area contributed by atoms with Crippen LogP contribution < -0.4 is 4.90 Å². The third kappa shape index (κ3) is 5.80. The van der Waals surface area contributed by atoms with E-state index < -0.39 is 0 Å². The van der Waals surface area contributed by atoms with Gasteiger partial charge in [-0.15, -0.1) is 0 Å². The summed E-state index contributed by atoms with van der Waals surface area (Å²) in [6.07, 6.45) is 19.1. The maximum absolute atomic E-state index is 2.68. The standard InChI is InChI=1S/C52H57N/c1-52(2)47-19-11-9-18-44(47)45-31-32-49(50(51(45)52)40-25-23-37(24-26-40)36-13-5-3-6-14-36)53(48-20-12-10-17-43(48)38-15-7-4-8-16-38)42-29-27-39(28-30-42)46-34-35-21-22-41(46)33-35/h9-12,17-20,23-32,35-36,38,41,46H,3-8,13-16,21-22,33-34H2,1-2H3. The summed E-state index contributed by atoms with van der Waals surface area (Å²) < 4.78 is 0. The Morgan fingerprint density at radius 2 is 1.21 bits per heavy atom. The van der Waals surface area contributed by atoms with Crippen molar-refractivity contribution in [2.75, 3.05) is 4.90 Å². The lowest BCUT2D eigenvalue weighted by Crippen LogP contribution is -2.20. The zero-order valence-corrected chi connectivity index (χ0v) is 32.1. The fourth-order valence-electron chi connectivity index (χ4n) is 12.1. The van der Waals surface area contributed by atoms with Crippen molar-refractivity contribution in [3.8, 4) is 22.3 Å². The first-order chi connectivity index (χ1) is 26.0. The van der Waals surface area contributed by atoms with E-state index in [9.17, 15) is 0 Å². The van der Waals surface area contributed by atoms with Gasteiger partial charge in [0.05, 0.1) is 5.69 Å². The van der Waals surface area contributed by atoms with Gasteiger partial charge in [0, 0.05) is 22.4 Å². The first-order valence-corrected chi connectivity index (χ1v) is 21.4. The largest absolute Gasteiger partial charge is 0.310 e. The van der Waals surface area contributed by atoms with Gasteiger partial charge in [0.15, 0.2) is 0 Å². The second kappa shape index (κ2) is 13.6. The molecule has 0 N–H and O–H groups in total. The van der Waals surface area contributed by atoms with E-state index in [0.717, 1.165) is 17.8 Å². The van der Waals surface area contributed by atoms with Crippen LogP contribution in [0, 0.1) is 11.8 Å². The van der Waals surface area contributed by atoms with Crippen molar-refractivity contribution in [1.82, 2.24) is 0 Å². The predicted octanol–water partition coefficient (Wildman–Crippen LogP) is 15.1. The van der Waals surface area contributed by atoms with Crippen molar-refractivity contribution in [3.63, 3.8) is 0 Å². The molecule has 0 radical (unpaired) electrons. The summed E-state index contributed by atoms with van der Waals surface area (Å²) in [5.74, 6) is 3.88. The van der Waals surface area contributed by atoms with Gasteiger partial charge in [0.2, 0.25) is 0 Å². The smallest absolute Gasteiger partial charge is 0.0543 e. The number of anilines is 3. The van der Waals surface area contributed by atoms with Gasteiger partial charge in [-0.25, -0.2) is 0 Å². The van der Waals surface area contributed by atoms with E-state index in [4.69, 9.17) is 0 Å². The van der Waals surface area contributed by atoms with E-state index >= 15 is 0 Å². The Kier molecular flexibility index (Phi) is 8.61. The van der Waals surface area contributed by atoms with E-state index in [1.807, 2.05) is 0 Å². The molecule has 10 rings (SSSR count). The highest BCUT2D eigenvalue weighted by molar-refractivity contribution is 5.98. The van der Waals surface area contributed by atoms with Crippen LogP contribution in [-0.4, -0.2) is 0 Å². The zero-order chi connectivity index (χ0) is 35.5. The predicted molar refractivity (Wildman–Crippen MR) is 224 cm³/mol. The Labute approximate surface area is 318 Å². The molecule has 3 atom stereocenters. The van der Waals surface area contributed by atoms with Crippen LogP contribution in [0.15, 0.2) is 109 Å². The number of hydrogen-bond donors (Lipinski definition) is 0. The van der Waals surface area contributed by atoms with Crippen molar-refractivity contribution in [2.45, 2.75) is 127 Å². The monoisotopic (exact) mass is 695 g/mol. The highest BCUT2D eigenvalue weighted by Gasteiger charge is 2.41. The van der Waals surface area contributed by atoms with Gasteiger partial charge in [-0.3, -0.25) is 0 Å². The quantitative estimate of drug-likeness (QED) is 0.164. The van der Waals surface area contributed by atoms with Crippen LogP contribution in [0.1, 0.15) is 149 Å². The molecule has 4 fully saturated rings. The molecule has 53 heavy (non-hydrogen) atoms. The first kappa shape index (κ1) is 33.5. The van der Waals surface area contributed by atoms with Crippen molar-refractivity contribution in [3.05, 3.63) is 137 Å². The van der Waals surface area contributed by atoms with E-state index in [0.29, 0.717) is 11.8 Å². The Hall–Kier alpha value is -4.10. The summed E-state index contributed by atoms with van der Waals surface area (Å²) in [5, 5.41) is 0. The normalized spacial score (nSPS) is 23.5. The second-order valence-corrected chi connectivity index (χ2v) is 18.1. The molecule has 1 nitrogen and oxygen atoms in total. The summed E-state index contributed by atoms with van der Waals surface area (Å²) in [5.41, 5.74) is 16.9. The highest BCUT2D eigenvalue weighted by atomic mass is 15.1. The number of benzene rings is 5. The molecule has 1 heteroatoms. The van der Waals surface area contributed by atoms with E-state index in [2.05, 4.69) is 128 Å². The first-order valence-electron chi connectivity index (χ1n) is 21.4.